The lowest BCUT2D eigenvalue weighted by Crippen LogP contribution is -2.52. The fourth-order valence-corrected chi connectivity index (χ4v) is 2.74. The van der Waals surface area contributed by atoms with Gasteiger partial charge < -0.3 is 10.2 Å². The number of carbonyl (C=O) groups excluding carboxylic acids is 3. The molecule has 0 spiro atoms. The first kappa shape index (κ1) is 15.3. The Hall–Kier alpha value is -2.58. The highest BCUT2D eigenvalue weighted by Crippen LogP contribution is 2.33. The molecule has 0 aliphatic carbocycles. The molecule has 2 aliphatic heterocycles. The van der Waals surface area contributed by atoms with Crippen LogP contribution in [0.5, 0.6) is 0 Å². The average Bonchev–Trinajstić information content (AvgIpc) is 2.86. The van der Waals surface area contributed by atoms with Crippen LogP contribution >= 0.6 is 0 Å². The molecule has 2 N–H and O–H groups in total. The maximum atomic E-state index is 12.7. The van der Waals surface area contributed by atoms with Crippen molar-refractivity contribution < 1.29 is 27.6 Å². The Balaban J connectivity index is 1.84. The Morgan fingerprint density at radius 1 is 1.26 bits per heavy atom. The molecule has 1 unspecified atom stereocenters. The summed E-state index contributed by atoms with van der Waals surface area (Å²) >= 11 is 0. The van der Waals surface area contributed by atoms with Crippen molar-refractivity contribution in [2.24, 2.45) is 0 Å². The van der Waals surface area contributed by atoms with Gasteiger partial charge in [0.2, 0.25) is 0 Å². The number of benzene rings is 1. The lowest BCUT2D eigenvalue weighted by atomic mass is 10.0. The molecule has 3 rings (SSSR count). The molecule has 4 amide bonds. The number of alkyl halides is 3. The summed E-state index contributed by atoms with van der Waals surface area (Å²) in [6, 6.07) is 2.32. The first-order chi connectivity index (χ1) is 10.6. The molecule has 1 saturated heterocycles. The molecule has 0 bridgehead atoms. The molecular formula is C14H12F3N3O3. The van der Waals surface area contributed by atoms with E-state index in [4.69, 9.17) is 0 Å². The van der Waals surface area contributed by atoms with Crippen LogP contribution in [-0.2, 0) is 17.5 Å². The van der Waals surface area contributed by atoms with Gasteiger partial charge in [-0.15, -0.1) is 0 Å². The van der Waals surface area contributed by atoms with E-state index in [0.717, 1.165) is 12.1 Å². The second-order valence-corrected chi connectivity index (χ2v) is 5.77. The van der Waals surface area contributed by atoms with E-state index in [9.17, 15) is 27.6 Å². The van der Waals surface area contributed by atoms with Gasteiger partial charge in [-0.25, -0.2) is 4.79 Å². The van der Waals surface area contributed by atoms with Crippen LogP contribution in [0.3, 0.4) is 0 Å². The number of urea groups is 1. The van der Waals surface area contributed by atoms with E-state index in [1.807, 2.05) is 0 Å². The predicted octanol–water partition coefficient (Wildman–Crippen LogP) is 1.26. The first-order valence-electron chi connectivity index (χ1n) is 6.73. The second kappa shape index (κ2) is 4.71. The molecule has 122 valence electrons. The van der Waals surface area contributed by atoms with Gasteiger partial charge in [0.25, 0.3) is 11.8 Å². The summed E-state index contributed by atoms with van der Waals surface area (Å²) in [7, 11) is 0. The molecule has 6 nitrogen and oxygen atoms in total. The van der Waals surface area contributed by atoms with Crippen molar-refractivity contribution in [1.29, 1.82) is 0 Å². The minimum atomic E-state index is -4.53. The van der Waals surface area contributed by atoms with Gasteiger partial charge in [0.05, 0.1) is 12.1 Å². The van der Waals surface area contributed by atoms with Crippen molar-refractivity contribution >= 4 is 17.8 Å². The maximum absolute atomic E-state index is 12.7. The zero-order valence-corrected chi connectivity index (χ0v) is 12.0. The minimum Gasteiger partial charge on any atom is -0.331 e. The summed E-state index contributed by atoms with van der Waals surface area (Å²) < 4.78 is 38.2. The van der Waals surface area contributed by atoms with Crippen molar-refractivity contribution in [1.82, 2.24) is 15.5 Å². The zero-order chi connectivity index (χ0) is 17.0. The zero-order valence-electron chi connectivity index (χ0n) is 12.0. The van der Waals surface area contributed by atoms with E-state index < -0.39 is 35.1 Å². The second-order valence-electron chi connectivity index (χ2n) is 5.77. The minimum absolute atomic E-state index is 0.0341. The summed E-state index contributed by atoms with van der Waals surface area (Å²) in [5, 5.41) is 4.49. The third-order valence-corrected chi connectivity index (χ3v) is 3.94. The smallest absolute Gasteiger partial charge is 0.331 e. The number of carbonyl (C=O) groups is 3. The van der Waals surface area contributed by atoms with Crippen LogP contribution in [-0.4, -0.2) is 34.8 Å². The van der Waals surface area contributed by atoms with Crippen molar-refractivity contribution in [3.8, 4) is 0 Å². The Morgan fingerprint density at radius 3 is 2.52 bits per heavy atom. The molecule has 1 atom stereocenters. The van der Waals surface area contributed by atoms with Gasteiger partial charge >= 0.3 is 12.2 Å². The highest BCUT2D eigenvalue weighted by atomic mass is 19.4. The number of rotatable bonds is 2. The fraction of sp³-hybridized carbons (Fsp3) is 0.357. The number of nitrogens with one attached hydrogen (secondary N) is 2. The number of fused-ring (bicyclic) bond motifs is 1. The van der Waals surface area contributed by atoms with Gasteiger partial charge in [-0.1, -0.05) is 6.07 Å². The van der Waals surface area contributed by atoms with Crippen molar-refractivity contribution in [2.75, 3.05) is 6.54 Å². The Kier molecular flexibility index (Phi) is 3.13. The fourth-order valence-electron chi connectivity index (χ4n) is 2.74. The van der Waals surface area contributed by atoms with Crippen LogP contribution in [0.15, 0.2) is 18.2 Å². The molecule has 0 aromatic heterocycles. The highest BCUT2D eigenvalue weighted by molar-refractivity contribution is 6.07. The quantitative estimate of drug-likeness (QED) is 0.803. The van der Waals surface area contributed by atoms with Gasteiger partial charge in [-0.3, -0.25) is 14.9 Å². The van der Waals surface area contributed by atoms with Gasteiger partial charge in [0.15, 0.2) is 0 Å². The van der Waals surface area contributed by atoms with E-state index in [1.54, 1.807) is 0 Å². The summed E-state index contributed by atoms with van der Waals surface area (Å²) in [6.07, 6.45) is -4.53. The molecule has 2 aliphatic rings. The monoisotopic (exact) mass is 327 g/mol. The average molecular weight is 327 g/mol. The molecule has 9 heteroatoms. The van der Waals surface area contributed by atoms with Gasteiger partial charge in [0.1, 0.15) is 5.54 Å². The van der Waals surface area contributed by atoms with Crippen LogP contribution < -0.4 is 10.6 Å². The third kappa shape index (κ3) is 2.51. The van der Waals surface area contributed by atoms with Crippen molar-refractivity contribution in [3.63, 3.8) is 0 Å². The summed E-state index contributed by atoms with van der Waals surface area (Å²) in [6.45, 7) is 1.41. The molecule has 0 saturated carbocycles. The Morgan fingerprint density at radius 2 is 1.96 bits per heavy atom. The van der Waals surface area contributed by atoms with E-state index >= 15 is 0 Å². The van der Waals surface area contributed by atoms with Crippen LogP contribution in [0.25, 0.3) is 0 Å². The molecule has 1 fully saturated rings. The van der Waals surface area contributed by atoms with Crippen LogP contribution in [0.1, 0.15) is 28.4 Å². The van der Waals surface area contributed by atoms with E-state index in [2.05, 4.69) is 10.6 Å². The third-order valence-electron chi connectivity index (χ3n) is 3.94. The van der Waals surface area contributed by atoms with E-state index in [-0.39, 0.29) is 18.7 Å². The SMILES string of the molecule is CC1(CN2Cc3ccc(C(F)(F)F)cc3C2=O)NC(=O)NC1=O. The number of imide groups is 1. The lowest BCUT2D eigenvalue weighted by molar-refractivity contribution is -0.137. The normalized spacial score (nSPS) is 23.8. The predicted molar refractivity (Wildman–Crippen MR) is 71.3 cm³/mol. The molecule has 2 heterocycles. The Bertz CT molecular complexity index is 732. The maximum Gasteiger partial charge on any atom is 0.416 e. The molecular weight excluding hydrogens is 315 g/mol. The molecule has 0 radical (unpaired) electrons. The lowest BCUT2D eigenvalue weighted by Gasteiger charge is -2.26. The molecule has 1 aromatic carbocycles. The Labute approximate surface area is 128 Å². The number of halogens is 3. The van der Waals surface area contributed by atoms with Crippen molar-refractivity contribution in [2.45, 2.75) is 25.2 Å². The number of nitrogens with zero attached hydrogens (tertiary/aromatic N) is 1. The molecule has 23 heavy (non-hydrogen) atoms. The van der Waals surface area contributed by atoms with Crippen LogP contribution in [0.2, 0.25) is 0 Å². The number of hydrogen-bond acceptors (Lipinski definition) is 3. The van der Waals surface area contributed by atoms with Crippen LogP contribution in [0, 0.1) is 0 Å². The molecule has 1 aromatic rings. The number of hydrogen-bond donors (Lipinski definition) is 2. The van der Waals surface area contributed by atoms with E-state index in [1.165, 1.54) is 17.9 Å². The van der Waals surface area contributed by atoms with Crippen molar-refractivity contribution in [3.05, 3.63) is 34.9 Å². The number of amides is 4. The van der Waals surface area contributed by atoms with Gasteiger partial charge in [-0.05, 0) is 24.6 Å². The van der Waals surface area contributed by atoms with Gasteiger partial charge in [-0.2, -0.15) is 13.2 Å². The topological polar surface area (TPSA) is 78.5 Å². The summed E-state index contributed by atoms with van der Waals surface area (Å²) in [4.78, 5) is 36.6. The summed E-state index contributed by atoms with van der Waals surface area (Å²) in [5.74, 6) is -1.18. The standard InChI is InChI=1S/C14H12F3N3O3/c1-13(11(22)18-12(23)19-13)6-20-5-7-2-3-8(14(15,16)17)4-9(7)10(20)21/h2-4H,5-6H2,1H3,(H2,18,19,22,23). The highest BCUT2D eigenvalue weighted by Gasteiger charge is 2.45. The van der Waals surface area contributed by atoms with E-state index in [0.29, 0.717) is 5.56 Å². The van der Waals surface area contributed by atoms with Gasteiger partial charge in [0, 0.05) is 12.1 Å². The van der Waals surface area contributed by atoms with Crippen LogP contribution in [0.4, 0.5) is 18.0 Å². The summed E-state index contributed by atoms with van der Waals surface area (Å²) in [5.41, 5.74) is -1.78. The largest absolute Gasteiger partial charge is 0.416 e. The first-order valence-corrected chi connectivity index (χ1v) is 6.73.